The summed E-state index contributed by atoms with van der Waals surface area (Å²) < 4.78 is 1.83. The summed E-state index contributed by atoms with van der Waals surface area (Å²) in [6, 6.07) is 6.35. The van der Waals surface area contributed by atoms with Crippen LogP contribution in [0.15, 0.2) is 36.8 Å². The third kappa shape index (κ3) is 3.15. The number of anilines is 2. The number of hydrogen-bond donors (Lipinski definition) is 2. The van der Waals surface area contributed by atoms with Gasteiger partial charge in [-0.1, -0.05) is 0 Å². The predicted octanol–water partition coefficient (Wildman–Crippen LogP) is 2.02. The fourth-order valence-electron chi connectivity index (χ4n) is 3.13. The Bertz CT molecular complexity index is 865. The summed E-state index contributed by atoms with van der Waals surface area (Å²) in [6.45, 7) is 8.14. The lowest BCUT2D eigenvalue weighted by atomic mass is 10.1. The van der Waals surface area contributed by atoms with E-state index in [1.807, 2.05) is 29.0 Å². The number of pyridine rings is 1. The van der Waals surface area contributed by atoms with Crippen molar-refractivity contribution in [2.75, 3.05) is 36.4 Å². The van der Waals surface area contributed by atoms with Crippen LogP contribution in [0.4, 0.5) is 11.6 Å². The molecule has 4 rings (SSSR count). The first-order valence-corrected chi connectivity index (χ1v) is 8.74. The van der Waals surface area contributed by atoms with Crippen LogP contribution in [0.25, 0.3) is 16.8 Å². The van der Waals surface area contributed by atoms with Gasteiger partial charge in [-0.25, -0.2) is 14.5 Å². The fourth-order valence-corrected chi connectivity index (χ4v) is 3.13. The van der Waals surface area contributed by atoms with Gasteiger partial charge in [0.1, 0.15) is 11.6 Å². The van der Waals surface area contributed by atoms with Gasteiger partial charge in [0.25, 0.3) is 0 Å². The van der Waals surface area contributed by atoms with E-state index in [1.54, 1.807) is 6.20 Å². The van der Waals surface area contributed by atoms with Crippen molar-refractivity contribution in [3.8, 4) is 11.1 Å². The summed E-state index contributed by atoms with van der Waals surface area (Å²) in [7, 11) is 0. The standard InChI is InChI=1S/C18H23N7/c1-13(2)22-17-14(4-3-6-20-17)15-12-21-25-9-5-16(23-18(15)25)24-10-7-19-8-11-24/h3-6,9,12-13,19H,7-8,10-11H2,1-2H3,(H,20,22). The van der Waals surface area contributed by atoms with Crippen LogP contribution >= 0.6 is 0 Å². The van der Waals surface area contributed by atoms with Gasteiger partial charge in [0.05, 0.1) is 11.8 Å². The molecule has 1 aliphatic rings. The first-order chi connectivity index (χ1) is 12.2. The first kappa shape index (κ1) is 15.8. The molecule has 0 saturated carbocycles. The quantitative estimate of drug-likeness (QED) is 0.759. The van der Waals surface area contributed by atoms with Crippen molar-refractivity contribution in [3.63, 3.8) is 0 Å². The fraction of sp³-hybridized carbons (Fsp3) is 0.389. The number of rotatable bonds is 4. The van der Waals surface area contributed by atoms with Gasteiger partial charge in [-0.2, -0.15) is 5.10 Å². The zero-order chi connectivity index (χ0) is 17.2. The number of nitrogens with one attached hydrogen (secondary N) is 2. The van der Waals surface area contributed by atoms with E-state index >= 15 is 0 Å². The Kier molecular flexibility index (Phi) is 4.23. The molecule has 4 heterocycles. The third-order valence-corrected chi connectivity index (χ3v) is 4.32. The molecular weight excluding hydrogens is 314 g/mol. The van der Waals surface area contributed by atoms with E-state index in [2.05, 4.69) is 45.5 Å². The maximum absolute atomic E-state index is 4.90. The van der Waals surface area contributed by atoms with Gasteiger partial charge in [-0.15, -0.1) is 0 Å². The molecule has 1 saturated heterocycles. The molecule has 25 heavy (non-hydrogen) atoms. The van der Waals surface area contributed by atoms with Crippen LogP contribution in [-0.4, -0.2) is 51.8 Å². The smallest absolute Gasteiger partial charge is 0.165 e. The molecule has 1 fully saturated rings. The zero-order valence-corrected chi connectivity index (χ0v) is 14.6. The molecule has 2 N–H and O–H groups in total. The van der Waals surface area contributed by atoms with E-state index in [0.29, 0.717) is 6.04 Å². The van der Waals surface area contributed by atoms with Gasteiger partial charge in [0.15, 0.2) is 5.65 Å². The summed E-state index contributed by atoms with van der Waals surface area (Å²) in [5, 5.41) is 11.3. The van der Waals surface area contributed by atoms with E-state index in [0.717, 1.165) is 54.6 Å². The number of hydrogen-bond acceptors (Lipinski definition) is 6. The second kappa shape index (κ2) is 6.68. The highest BCUT2D eigenvalue weighted by Gasteiger charge is 2.16. The van der Waals surface area contributed by atoms with Crippen molar-refractivity contribution in [1.82, 2.24) is 24.9 Å². The van der Waals surface area contributed by atoms with Crippen LogP contribution < -0.4 is 15.5 Å². The molecule has 0 amide bonds. The Hall–Kier alpha value is -2.67. The second-order valence-electron chi connectivity index (χ2n) is 6.55. The molecule has 0 bridgehead atoms. The largest absolute Gasteiger partial charge is 0.367 e. The van der Waals surface area contributed by atoms with Crippen LogP contribution in [0.5, 0.6) is 0 Å². The highest BCUT2D eigenvalue weighted by molar-refractivity contribution is 5.84. The number of aromatic nitrogens is 4. The second-order valence-corrected chi connectivity index (χ2v) is 6.55. The molecule has 0 aromatic carbocycles. The molecule has 130 valence electrons. The van der Waals surface area contributed by atoms with Crippen LogP contribution in [-0.2, 0) is 0 Å². The minimum absolute atomic E-state index is 0.305. The van der Waals surface area contributed by atoms with Crippen molar-refractivity contribution < 1.29 is 0 Å². The van der Waals surface area contributed by atoms with E-state index in [4.69, 9.17) is 4.98 Å². The van der Waals surface area contributed by atoms with Gasteiger partial charge in [0, 0.05) is 50.2 Å². The molecule has 3 aromatic heterocycles. The van der Waals surface area contributed by atoms with E-state index in [1.165, 1.54) is 0 Å². The molecule has 0 spiro atoms. The summed E-state index contributed by atoms with van der Waals surface area (Å²) in [5.41, 5.74) is 2.88. The highest BCUT2D eigenvalue weighted by atomic mass is 15.3. The number of fused-ring (bicyclic) bond motifs is 1. The van der Waals surface area contributed by atoms with Crippen LogP contribution in [0, 0.1) is 0 Å². The average molecular weight is 337 g/mol. The lowest BCUT2D eigenvalue weighted by molar-refractivity contribution is 0.585. The van der Waals surface area contributed by atoms with E-state index in [-0.39, 0.29) is 0 Å². The molecule has 0 radical (unpaired) electrons. The van der Waals surface area contributed by atoms with E-state index in [9.17, 15) is 0 Å². The topological polar surface area (TPSA) is 70.4 Å². The SMILES string of the molecule is CC(C)Nc1ncccc1-c1cnn2ccc(N3CCNCC3)nc12. The average Bonchev–Trinajstić information content (AvgIpc) is 3.05. The Balaban J connectivity index is 1.78. The van der Waals surface area contributed by atoms with Crippen LogP contribution in [0.1, 0.15) is 13.8 Å². The molecule has 7 heteroatoms. The summed E-state index contributed by atoms with van der Waals surface area (Å²) in [4.78, 5) is 11.7. The number of nitrogens with zero attached hydrogens (tertiary/aromatic N) is 5. The van der Waals surface area contributed by atoms with Gasteiger partial charge in [-0.3, -0.25) is 0 Å². The lowest BCUT2D eigenvalue weighted by Crippen LogP contribution is -2.43. The lowest BCUT2D eigenvalue weighted by Gasteiger charge is -2.28. The molecular formula is C18H23N7. The van der Waals surface area contributed by atoms with Gasteiger partial charge in [-0.05, 0) is 32.0 Å². The highest BCUT2D eigenvalue weighted by Crippen LogP contribution is 2.30. The van der Waals surface area contributed by atoms with Crippen LogP contribution in [0.2, 0.25) is 0 Å². The summed E-state index contributed by atoms with van der Waals surface area (Å²) in [6.07, 6.45) is 5.65. The minimum atomic E-state index is 0.305. The Morgan fingerprint density at radius 2 is 2.00 bits per heavy atom. The number of piperazine rings is 1. The predicted molar refractivity (Wildman–Crippen MR) is 100 cm³/mol. The molecule has 7 nitrogen and oxygen atoms in total. The minimum Gasteiger partial charge on any atom is -0.367 e. The molecule has 0 aliphatic carbocycles. The van der Waals surface area contributed by atoms with E-state index < -0.39 is 0 Å². The van der Waals surface area contributed by atoms with Crippen molar-refractivity contribution in [2.45, 2.75) is 19.9 Å². The van der Waals surface area contributed by atoms with Crippen LogP contribution in [0.3, 0.4) is 0 Å². The monoisotopic (exact) mass is 337 g/mol. The van der Waals surface area contributed by atoms with Crippen molar-refractivity contribution >= 4 is 17.3 Å². The Morgan fingerprint density at radius 3 is 2.80 bits per heavy atom. The van der Waals surface area contributed by atoms with Crippen molar-refractivity contribution in [1.29, 1.82) is 0 Å². The Morgan fingerprint density at radius 1 is 1.16 bits per heavy atom. The maximum atomic E-state index is 4.90. The molecule has 0 atom stereocenters. The third-order valence-electron chi connectivity index (χ3n) is 4.32. The molecule has 1 aliphatic heterocycles. The molecule has 3 aromatic rings. The maximum Gasteiger partial charge on any atom is 0.165 e. The normalized spacial score (nSPS) is 15.1. The van der Waals surface area contributed by atoms with Crippen molar-refractivity contribution in [2.24, 2.45) is 0 Å². The zero-order valence-electron chi connectivity index (χ0n) is 14.6. The summed E-state index contributed by atoms with van der Waals surface area (Å²) >= 11 is 0. The van der Waals surface area contributed by atoms with Gasteiger partial charge in [0.2, 0.25) is 0 Å². The van der Waals surface area contributed by atoms with Gasteiger partial charge < -0.3 is 15.5 Å². The summed E-state index contributed by atoms with van der Waals surface area (Å²) in [5.74, 6) is 1.86. The Labute approximate surface area is 147 Å². The first-order valence-electron chi connectivity index (χ1n) is 8.74. The molecule has 0 unspecified atom stereocenters. The van der Waals surface area contributed by atoms with Gasteiger partial charge >= 0.3 is 0 Å². The van der Waals surface area contributed by atoms with Crippen molar-refractivity contribution in [3.05, 3.63) is 36.8 Å².